The summed E-state index contributed by atoms with van der Waals surface area (Å²) in [4.78, 5) is 16.8. The maximum atomic E-state index is 12.3. The molecule has 134 valence electrons. The van der Waals surface area contributed by atoms with Gasteiger partial charge in [0.15, 0.2) is 0 Å². The monoisotopic (exact) mass is 478 g/mol. The fourth-order valence-corrected chi connectivity index (χ4v) is 3.96. The predicted molar refractivity (Wildman–Crippen MR) is 109 cm³/mol. The Bertz CT molecular complexity index is 1030. The topological polar surface area (TPSA) is 79.5 Å². The summed E-state index contributed by atoms with van der Waals surface area (Å²) in [5.41, 5.74) is 5.17. The van der Waals surface area contributed by atoms with Crippen molar-refractivity contribution in [1.29, 1.82) is 0 Å². The highest BCUT2D eigenvalue weighted by Gasteiger charge is 2.11. The second kappa shape index (κ2) is 7.59. The number of imidazole rings is 1. The molecule has 3 aromatic rings. The SMILES string of the molecule is CCn1c(C)nc2cc(C(=O)N/N=C/c3cc(Br)cc(Br)c3O)ccc21. The van der Waals surface area contributed by atoms with E-state index in [9.17, 15) is 9.90 Å². The van der Waals surface area contributed by atoms with Crippen molar-refractivity contribution >= 4 is 55.0 Å². The van der Waals surface area contributed by atoms with Gasteiger partial charge in [-0.1, -0.05) is 15.9 Å². The van der Waals surface area contributed by atoms with Gasteiger partial charge in [-0.15, -0.1) is 0 Å². The third-order valence-electron chi connectivity index (χ3n) is 3.94. The number of nitrogens with one attached hydrogen (secondary N) is 1. The molecule has 0 bridgehead atoms. The van der Waals surface area contributed by atoms with Crippen LogP contribution >= 0.6 is 31.9 Å². The lowest BCUT2D eigenvalue weighted by molar-refractivity contribution is 0.0955. The molecule has 26 heavy (non-hydrogen) atoms. The van der Waals surface area contributed by atoms with Crippen LogP contribution in [0.3, 0.4) is 0 Å². The molecule has 0 unspecified atom stereocenters. The summed E-state index contributed by atoms with van der Waals surface area (Å²) >= 11 is 6.60. The number of carbonyl (C=O) groups excluding carboxylic acids is 1. The number of hydrogen-bond acceptors (Lipinski definition) is 4. The van der Waals surface area contributed by atoms with Crippen LogP contribution in [-0.4, -0.2) is 26.8 Å². The second-order valence-corrected chi connectivity index (χ2v) is 7.40. The molecular formula is C18H16Br2N4O2. The third-order valence-corrected chi connectivity index (χ3v) is 5.01. The minimum atomic E-state index is -0.347. The van der Waals surface area contributed by atoms with Crippen LogP contribution in [0.1, 0.15) is 28.7 Å². The highest BCUT2D eigenvalue weighted by molar-refractivity contribution is 9.11. The number of benzene rings is 2. The van der Waals surface area contributed by atoms with Crippen molar-refractivity contribution in [3.8, 4) is 5.75 Å². The zero-order chi connectivity index (χ0) is 18.8. The van der Waals surface area contributed by atoms with Gasteiger partial charge in [-0.25, -0.2) is 10.4 Å². The fourth-order valence-electron chi connectivity index (χ4n) is 2.70. The summed E-state index contributed by atoms with van der Waals surface area (Å²) < 4.78 is 3.40. The van der Waals surface area contributed by atoms with Crippen LogP contribution in [0.15, 0.2) is 44.4 Å². The molecule has 1 amide bonds. The number of hydrogen-bond donors (Lipinski definition) is 2. The average molecular weight is 480 g/mol. The lowest BCUT2D eigenvalue weighted by atomic mass is 10.2. The van der Waals surface area contributed by atoms with Crippen molar-refractivity contribution in [3.63, 3.8) is 0 Å². The molecule has 1 heterocycles. The zero-order valence-corrected chi connectivity index (χ0v) is 17.3. The van der Waals surface area contributed by atoms with Crippen LogP contribution in [0, 0.1) is 6.92 Å². The predicted octanol–water partition coefficient (Wildman–Crippen LogP) is 4.36. The van der Waals surface area contributed by atoms with Gasteiger partial charge in [0.25, 0.3) is 5.91 Å². The first-order chi connectivity index (χ1) is 12.4. The number of carbonyl (C=O) groups is 1. The number of aromatic hydroxyl groups is 1. The fraction of sp³-hybridized carbons (Fsp3) is 0.167. The first-order valence-corrected chi connectivity index (χ1v) is 9.47. The first-order valence-electron chi connectivity index (χ1n) is 7.89. The van der Waals surface area contributed by atoms with Gasteiger partial charge in [0, 0.05) is 22.1 Å². The first kappa shape index (κ1) is 18.6. The number of phenolic OH excluding ortho intramolecular Hbond substituents is 1. The Labute approximate surface area is 167 Å². The Hall–Kier alpha value is -2.19. The van der Waals surface area contributed by atoms with E-state index in [1.54, 1.807) is 24.3 Å². The van der Waals surface area contributed by atoms with Gasteiger partial charge in [-0.2, -0.15) is 5.10 Å². The minimum Gasteiger partial charge on any atom is -0.506 e. The molecule has 2 N–H and O–H groups in total. The van der Waals surface area contributed by atoms with Gasteiger partial charge in [0.05, 0.1) is 21.7 Å². The number of amides is 1. The molecule has 0 atom stereocenters. The van der Waals surface area contributed by atoms with E-state index in [4.69, 9.17) is 0 Å². The number of aryl methyl sites for hydroxylation is 2. The summed E-state index contributed by atoms with van der Waals surface area (Å²) in [6.45, 7) is 4.82. The Morgan fingerprint density at radius 3 is 2.85 bits per heavy atom. The molecule has 3 rings (SSSR count). The summed E-state index contributed by atoms with van der Waals surface area (Å²) in [5.74, 6) is 0.613. The molecule has 0 radical (unpaired) electrons. The van der Waals surface area contributed by atoms with Crippen molar-refractivity contribution in [3.05, 3.63) is 56.2 Å². The number of rotatable bonds is 4. The van der Waals surface area contributed by atoms with Crippen LogP contribution in [-0.2, 0) is 6.54 Å². The molecular weight excluding hydrogens is 464 g/mol. The van der Waals surface area contributed by atoms with Gasteiger partial charge in [-0.3, -0.25) is 4.79 Å². The molecule has 0 aliphatic heterocycles. The molecule has 8 heteroatoms. The van der Waals surface area contributed by atoms with Gasteiger partial charge in [0.2, 0.25) is 0 Å². The number of hydrazone groups is 1. The highest BCUT2D eigenvalue weighted by Crippen LogP contribution is 2.30. The van der Waals surface area contributed by atoms with Crippen molar-refractivity contribution < 1.29 is 9.90 Å². The third kappa shape index (κ3) is 3.66. The lowest BCUT2D eigenvalue weighted by Gasteiger charge is -2.04. The van der Waals surface area contributed by atoms with Gasteiger partial charge in [0.1, 0.15) is 11.6 Å². The summed E-state index contributed by atoms with van der Waals surface area (Å²) in [6.07, 6.45) is 1.39. The maximum Gasteiger partial charge on any atom is 0.271 e. The number of halogens is 2. The van der Waals surface area contributed by atoms with E-state index in [1.807, 2.05) is 13.0 Å². The van der Waals surface area contributed by atoms with Crippen molar-refractivity contribution in [2.24, 2.45) is 5.10 Å². The molecule has 0 saturated heterocycles. The van der Waals surface area contributed by atoms with Gasteiger partial charge >= 0.3 is 0 Å². The van der Waals surface area contributed by atoms with Gasteiger partial charge < -0.3 is 9.67 Å². The summed E-state index contributed by atoms with van der Waals surface area (Å²) in [5, 5.41) is 13.9. The quantitative estimate of drug-likeness (QED) is 0.431. The number of nitrogens with zero attached hydrogens (tertiary/aromatic N) is 3. The van der Waals surface area contributed by atoms with E-state index in [-0.39, 0.29) is 11.7 Å². The Morgan fingerprint density at radius 1 is 1.35 bits per heavy atom. The van der Waals surface area contributed by atoms with E-state index < -0.39 is 0 Å². The molecule has 0 aliphatic rings. The zero-order valence-electron chi connectivity index (χ0n) is 14.1. The van der Waals surface area contributed by atoms with E-state index in [1.165, 1.54) is 6.21 Å². The van der Waals surface area contributed by atoms with Crippen molar-refractivity contribution in [1.82, 2.24) is 15.0 Å². The molecule has 1 aromatic heterocycles. The van der Waals surface area contributed by atoms with Gasteiger partial charge in [-0.05, 0) is 60.1 Å². The Morgan fingerprint density at radius 2 is 2.12 bits per heavy atom. The highest BCUT2D eigenvalue weighted by atomic mass is 79.9. The van der Waals surface area contributed by atoms with Crippen LogP contribution in [0.25, 0.3) is 11.0 Å². The van der Waals surface area contributed by atoms with E-state index in [0.717, 1.165) is 27.9 Å². The molecule has 0 fully saturated rings. The molecule has 0 spiro atoms. The minimum absolute atomic E-state index is 0.0493. The lowest BCUT2D eigenvalue weighted by Crippen LogP contribution is -2.17. The second-order valence-electron chi connectivity index (χ2n) is 5.63. The van der Waals surface area contributed by atoms with Crippen molar-refractivity contribution in [2.75, 3.05) is 0 Å². The molecule has 0 saturated carbocycles. The van der Waals surface area contributed by atoms with E-state index in [0.29, 0.717) is 15.6 Å². The number of fused-ring (bicyclic) bond motifs is 1. The van der Waals surface area contributed by atoms with Crippen LogP contribution in [0.4, 0.5) is 0 Å². The van der Waals surface area contributed by atoms with Crippen molar-refractivity contribution in [2.45, 2.75) is 20.4 Å². The smallest absolute Gasteiger partial charge is 0.271 e. The standard InChI is InChI=1S/C18H16Br2N4O2/c1-3-24-10(2)22-15-7-11(4-5-16(15)24)18(26)23-21-9-12-6-13(19)8-14(20)17(12)25/h4-9,25H,3H2,1-2H3,(H,23,26)/b21-9+. The molecule has 0 aliphatic carbocycles. The summed E-state index contributed by atoms with van der Waals surface area (Å²) in [6, 6.07) is 8.79. The largest absolute Gasteiger partial charge is 0.506 e. The summed E-state index contributed by atoms with van der Waals surface area (Å²) in [7, 11) is 0. The Kier molecular flexibility index (Phi) is 5.43. The van der Waals surface area contributed by atoms with E-state index >= 15 is 0 Å². The van der Waals surface area contributed by atoms with E-state index in [2.05, 4.69) is 58.9 Å². The normalized spacial score (nSPS) is 11.4. The van der Waals surface area contributed by atoms with Crippen LogP contribution in [0.5, 0.6) is 5.75 Å². The van der Waals surface area contributed by atoms with Crippen LogP contribution < -0.4 is 5.43 Å². The molecule has 6 nitrogen and oxygen atoms in total. The van der Waals surface area contributed by atoms with Crippen LogP contribution in [0.2, 0.25) is 0 Å². The molecule has 2 aromatic carbocycles. The maximum absolute atomic E-state index is 12.3. The Balaban J connectivity index is 1.79. The number of aromatic nitrogens is 2. The average Bonchev–Trinajstić information content (AvgIpc) is 2.92. The number of phenols is 1.